The standard InChI is InChI=1S/C9H13N3S/c10-4-7-5-11-9(12-6-7)8-2-1-3-13-8/h5-6,8H,1-4,10H2. The van der Waals surface area contributed by atoms with Gasteiger partial charge in [0, 0.05) is 24.5 Å². The molecule has 1 unspecified atom stereocenters. The van der Waals surface area contributed by atoms with E-state index in [1.807, 2.05) is 24.2 Å². The van der Waals surface area contributed by atoms with Crippen LogP contribution in [-0.4, -0.2) is 15.7 Å². The predicted molar refractivity (Wildman–Crippen MR) is 54.4 cm³/mol. The van der Waals surface area contributed by atoms with Gasteiger partial charge in [0.15, 0.2) is 0 Å². The average molecular weight is 195 g/mol. The Kier molecular flexibility index (Phi) is 2.80. The highest BCUT2D eigenvalue weighted by Crippen LogP contribution is 2.37. The smallest absolute Gasteiger partial charge is 0.141 e. The number of nitrogens with zero attached hydrogens (tertiary/aromatic N) is 2. The van der Waals surface area contributed by atoms with Gasteiger partial charge in [-0.05, 0) is 18.6 Å². The van der Waals surface area contributed by atoms with E-state index in [9.17, 15) is 0 Å². The van der Waals surface area contributed by atoms with Gasteiger partial charge in [0.1, 0.15) is 5.82 Å². The van der Waals surface area contributed by atoms with Crippen molar-refractivity contribution in [3.63, 3.8) is 0 Å². The van der Waals surface area contributed by atoms with E-state index in [0.717, 1.165) is 11.4 Å². The molecule has 13 heavy (non-hydrogen) atoms. The molecule has 0 spiro atoms. The molecule has 0 bridgehead atoms. The van der Waals surface area contributed by atoms with Crippen LogP contribution in [0.5, 0.6) is 0 Å². The molecule has 1 fully saturated rings. The number of hydrogen-bond donors (Lipinski definition) is 1. The third-order valence-electron chi connectivity index (χ3n) is 2.18. The lowest BCUT2D eigenvalue weighted by molar-refractivity contribution is 0.771. The SMILES string of the molecule is NCc1cnc(C2CCCS2)nc1. The molecular weight excluding hydrogens is 182 g/mol. The number of hydrogen-bond acceptors (Lipinski definition) is 4. The predicted octanol–water partition coefficient (Wildman–Crippen LogP) is 1.50. The highest BCUT2D eigenvalue weighted by molar-refractivity contribution is 7.99. The van der Waals surface area contributed by atoms with E-state index in [4.69, 9.17) is 5.73 Å². The van der Waals surface area contributed by atoms with Gasteiger partial charge >= 0.3 is 0 Å². The summed E-state index contributed by atoms with van der Waals surface area (Å²) in [5.74, 6) is 2.21. The van der Waals surface area contributed by atoms with E-state index in [1.54, 1.807) is 0 Å². The van der Waals surface area contributed by atoms with Gasteiger partial charge in [-0.1, -0.05) is 0 Å². The molecular formula is C9H13N3S. The summed E-state index contributed by atoms with van der Waals surface area (Å²) in [6.07, 6.45) is 6.17. The van der Waals surface area contributed by atoms with Crippen molar-refractivity contribution in [3.05, 3.63) is 23.8 Å². The number of thioether (sulfide) groups is 1. The van der Waals surface area contributed by atoms with Crippen molar-refractivity contribution >= 4 is 11.8 Å². The zero-order valence-corrected chi connectivity index (χ0v) is 8.26. The first-order valence-corrected chi connectivity index (χ1v) is 5.57. The molecule has 1 saturated heterocycles. The number of aromatic nitrogens is 2. The molecule has 1 aliphatic heterocycles. The van der Waals surface area contributed by atoms with Crippen LogP contribution in [0, 0.1) is 0 Å². The molecule has 0 saturated carbocycles. The summed E-state index contributed by atoms with van der Waals surface area (Å²) >= 11 is 1.95. The topological polar surface area (TPSA) is 51.8 Å². The van der Waals surface area contributed by atoms with Crippen LogP contribution in [0.25, 0.3) is 0 Å². The Labute approximate surface area is 82.2 Å². The van der Waals surface area contributed by atoms with E-state index in [2.05, 4.69) is 9.97 Å². The third-order valence-corrected chi connectivity index (χ3v) is 3.55. The molecule has 0 aromatic carbocycles. The second-order valence-electron chi connectivity index (χ2n) is 3.16. The van der Waals surface area contributed by atoms with Crippen LogP contribution in [0.1, 0.15) is 29.5 Å². The summed E-state index contributed by atoms with van der Waals surface area (Å²) < 4.78 is 0. The van der Waals surface area contributed by atoms with Crippen molar-refractivity contribution in [2.24, 2.45) is 5.73 Å². The number of nitrogens with two attached hydrogens (primary N) is 1. The number of rotatable bonds is 2. The largest absolute Gasteiger partial charge is 0.326 e. The second-order valence-corrected chi connectivity index (χ2v) is 4.47. The fraction of sp³-hybridized carbons (Fsp3) is 0.556. The summed E-state index contributed by atoms with van der Waals surface area (Å²) in [5.41, 5.74) is 6.47. The lowest BCUT2D eigenvalue weighted by Gasteiger charge is -2.06. The van der Waals surface area contributed by atoms with Gasteiger partial charge in [-0.3, -0.25) is 0 Å². The van der Waals surface area contributed by atoms with E-state index in [1.165, 1.54) is 18.6 Å². The zero-order chi connectivity index (χ0) is 9.10. The zero-order valence-electron chi connectivity index (χ0n) is 7.44. The maximum Gasteiger partial charge on any atom is 0.141 e. The fourth-order valence-electron chi connectivity index (χ4n) is 1.42. The molecule has 3 nitrogen and oxygen atoms in total. The Morgan fingerprint density at radius 2 is 2.23 bits per heavy atom. The minimum Gasteiger partial charge on any atom is -0.326 e. The molecule has 1 atom stereocenters. The Morgan fingerprint density at radius 1 is 1.46 bits per heavy atom. The van der Waals surface area contributed by atoms with Crippen LogP contribution < -0.4 is 5.73 Å². The summed E-state index contributed by atoms with van der Waals surface area (Å²) in [6.45, 7) is 0.526. The monoisotopic (exact) mass is 195 g/mol. The van der Waals surface area contributed by atoms with Gasteiger partial charge in [-0.25, -0.2) is 9.97 Å². The Bertz CT molecular complexity index is 267. The Hall–Kier alpha value is -0.610. The molecule has 1 aliphatic rings. The quantitative estimate of drug-likeness (QED) is 0.777. The van der Waals surface area contributed by atoms with Crippen molar-refractivity contribution in [3.8, 4) is 0 Å². The van der Waals surface area contributed by atoms with Gasteiger partial charge in [-0.15, -0.1) is 0 Å². The second kappa shape index (κ2) is 4.07. The van der Waals surface area contributed by atoms with Crippen LogP contribution in [0.15, 0.2) is 12.4 Å². The molecule has 1 aromatic rings. The summed E-state index contributed by atoms with van der Waals surface area (Å²) in [4.78, 5) is 8.64. The van der Waals surface area contributed by atoms with Crippen LogP contribution in [0.2, 0.25) is 0 Å². The van der Waals surface area contributed by atoms with E-state index < -0.39 is 0 Å². The summed E-state index contributed by atoms with van der Waals surface area (Å²) in [6, 6.07) is 0. The first-order chi connectivity index (χ1) is 6.40. The van der Waals surface area contributed by atoms with E-state index in [0.29, 0.717) is 11.8 Å². The fourth-order valence-corrected chi connectivity index (χ4v) is 2.64. The molecule has 0 aliphatic carbocycles. The molecule has 2 heterocycles. The first-order valence-electron chi connectivity index (χ1n) is 4.52. The Balaban J connectivity index is 2.12. The lowest BCUT2D eigenvalue weighted by Crippen LogP contribution is -2.02. The van der Waals surface area contributed by atoms with Gasteiger partial charge in [-0.2, -0.15) is 11.8 Å². The average Bonchev–Trinajstić information content (AvgIpc) is 2.71. The Morgan fingerprint density at radius 3 is 2.77 bits per heavy atom. The molecule has 0 radical (unpaired) electrons. The van der Waals surface area contributed by atoms with Crippen LogP contribution >= 0.6 is 11.8 Å². The summed E-state index contributed by atoms with van der Waals surface area (Å²) in [7, 11) is 0. The molecule has 1 aromatic heterocycles. The minimum absolute atomic E-state index is 0.520. The first kappa shape index (κ1) is 8.97. The highest BCUT2D eigenvalue weighted by atomic mass is 32.2. The normalized spacial score (nSPS) is 22.1. The molecule has 2 N–H and O–H groups in total. The third kappa shape index (κ3) is 2.00. The van der Waals surface area contributed by atoms with Crippen molar-refractivity contribution < 1.29 is 0 Å². The van der Waals surface area contributed by atoms with Crippen LogP contribution in [-0.2, 0) is 6.54 Å². The maximum absolute atomic E-state index is 5.47. The van der Waals surface area contributed by atoms with Gasteiger partial charge in [0.2, 0.25) is 0 Å². The van der Waals surface area contributed by atoms with Crippen LogP contribution in [0.4, 0.5) is 0 Å². The summed E-state index contributed by atoms with van der Waals surface area (Å²) in [5, 5.41) is 0.520. The van der Waals surface area contributed by atoms with Crippen molar-refractivity contribution in [2.75, 3.05) is 5.75 Å². The highest BCUT2D eigenvalue weighted by Gasteiger charge is 2.19. The van der Waals surface area contributed by atoms with Gasteiger partial charge in [0.05, 0.1) is 5.25 Å². The molecule has 70 valence electrons. The van der Waals surface area contributed by atoms with Gasteiger partial charge in [0.25, 0.3) is 0 Å². The lowest BCUT2D eigenvalue weighted by atomic mass is 10.2. The van der Waals surface area contributed by atoms with Crippen molar-refractivity contribution in [2.45, 2.75) is 24.6 Å². The molecule has 2 rings (SSSR count). The van der Waals surface area contributed by atoms with E-state index >= 15 is 0 Å². The van der Waals surface area contributed by atoms with Crippen LogP contribution in [0.3, 0.4) is 0 Å². The van der Waals surface area contributed by atoms with Crippen molar-refractivity contribution in [1.82, 2.24) is 9.97 Å². The molecule has 0 amide bonds. The van der Waals surface area contributed by atoms with Crippen molar-refractivity contribution in [1.29, 1.82) is 0 Å². The van der Waals surface area contributed by atoms with E-state index in [-0.39, 0.29) is 0 Å². The maximum atomic E-state index is 5.47. The van der Waals surface area contributed by atoms with Gasteiger partial charge < -0.3 is 5.73 Å². The minimum atomic E-state index is 0.520. The molecule has 4 heteroatoms.